The molecular formula is C15H21BrN2O2S. The standard InChI is InChI=1S/C15H21BrN2O2S/c1-12(2)11-17-6-8-18(9-7-17)21(19,20)14-4-5-15(16)13(3)10-14/h4-5,10H,1,6-9,11H2,2-3H3. The normalized spacial score (nSPS) is 17.9. The van der Waals surface area contributed by atoms with Crippen molar-refractivity contribution in [2.75, 3.05) is 32.7 Å². The smallest absolute Gasteiger partial charge is 0.243 e. The van der Waals surface area contributed by atoms with Gasteiger partial charge in [0.15, 0.2) is 0 Å². The van der Waals surface area contributed by atoms with Crippen LogP contribution < -0.4 is 0 Å². The highest BCUT2D eigenvalue weighted by atomic mass is 79.9. The lowest BCUT2D eigenvalue weighted by Crippen LogP contribution is -2.48. The molecule has 0 aliphatic carbocycles. The van der Waals surface area contributed by atoms with Crippen molar-refractivity contribution in [1.82, 2.24) is 9.21 Å². The molecule has 1 heterocycles. The molecule has 21 heavy (non-hydrogen) atoms. The van der Waals surface area contributed by atoms with E-state index in [0.717, 1.165) is 35.2 Å². The van der Waals surface area contributed by atoms with E-state index in [1.807, 2.05) is 13.8 Å². The molecule has 0 saturated carbocycles. The molecule has 0 amide bonds. The number of rotatable bonds is 4. The maximum absolute atomic E-state index is 12.7. The van der Waals surface area contributed by atoms with Crippen LogP contribution in [-0.2, 0) is 10.0 Å². The fraction of sp³-hybridized carbons (Fsp3) is 0.467. The molecule has 116 valence electrons. The molecule has 0 atom stereocenters. The quantitative estimate of drug-likeness (QED) is 0.762. The summed E-state index contributed by atoms with van der Waals surface area (Å²) in [5.74, 6) is 0. The van der Waals surface area contributed by atoms with Gasteiger partial charge in [0, 0.05) is 37.2 Å². The molecule has 1 aliphatic rings. The van der Waals surface area contributed by atoms with Crippen LogP contribution >= 0.6 is 15.9 Å². The van der Waals surface area contributed by atoms with E-state index < -0.39 is 10.0 Å². The molecule has 0 unspecified atom stereocenters. The lowest BCUT2D eigenvalue weighted by atomic mass is 10.2. The van der Waals surface area contributed by atoms with Gasteiger partial charge in [-0.25, -0.2) is 8.42 Å². The Hall–Kier alpha value is -0.690. The van der Waals surface area contributed by atoms with Crippen LogP contribution in [0, 0.1) is 6.92 Å². The van der Waals surface area contributed by atoms with Crippen LogP contribution in [0.15, 0.2) is 39.7 Å². The molecule has 6 heteroatoms. The van der Waals surface area contributed by atoms with Gasteiger partial charge in [0.05, 0.1) is 4.90 Å². The van der Waals surface area contributed by atoms with Gasteiger partial charge in [-0.05, 0) is 37.6 Å². The van der Waals surface area contributed by atoms with Crippen molar-refractivity contribution in [2.45, 2.75) is 18.7 Å². The summed E-state index contributed by atoms with van der Waals surface area (Å²) >= 11 is 3.40. The zero-order valence-corrected chi connectivity index (χ0v) is 14.9. The minimum Gasteiger partial charge on any atom is -0.297 e. The fourth-order valence-electron chi connectivity index (χ4n) is 2.44. The molecule has 1 aromatic carbocycles. The van der Waals surface area contributed by atoms with Crippen molar-refractivity contribution in [3.8, 4) is 0 Å². The van der Waals surface area contributed by atoms with Crippen LogP contribution in [0.25, 0.3) is 0 Å². The van der Waals surface area contributed by atoms with E-state index in [9.17, 15) is 8.42 Å². The lowest BCUT2D eigenvalue weighted by molar-refractivity contribution is 0.201. The molecule has 0 bridgehead atoms. The highest BCUT2D eigenvalue weighted by Gasteiger charge is 2.28. The van der Waals surface area contributed by atoms with Crippen molar-refractivity contribution in [1.29, 1.82) is 0 Å². The number of piperazine rings is 1. The number of hydrogen-bond donors (Lipinski definition) is 0. The Morgan fingerprint density at radius 1 is 1.29 bits per heavy atom. The summed E-state index contributed by atoms with van der Waals surface area (Å²) in [5, 5.41) is 0. The highest BCUT2D eigenvalue weighted by Crippen LogP contribution is 2.23. The topological polar surface area (TPSA) is 40.6 Å². The number of sulfonamides is 1. The van der Waals surface area contributed by atoms with Gasteiger partial charge < -0.3 is 0 Å². The van der Waals surface area contributed by atoms with E-state index in [0.29, 0.717) is 18.0 Å². The molecule has 0 N–H and O–H groups in total. The van der Waals surface area contributed by atoms with E-state index in [1.54, 1.807) is 22.5 Å². The van der Waals surface area contributed by atoms with Gasteiger partial charge in [-0.15, -0.1) is 0 Å². The van der Waals surface area contributed by atoms with Crippen LogP contribution in [0.2, 0.25) is 0 Å². The third-order valence-electron chi connectivity index (χ3n) is 3.59. The predicted octanol–water partition coefficient (Wildman–Crippen LogP) is 2.64. The summed E-state index contributed by atoms with van der Waals surface area (Å²) < 4.78 is 27.8. The van der Waals surface area contributed by atoms with Crippen LogP contribution in [-0.4, -0.2) is 50.3 Å². The van der Waals surface area contributed by atoms with E-state index in [4.69, 9.17) is 0 Å². The number of nitrogens with zero attached hydrogens (tertiary/aromatic N) is 2. The van der Waals surface area contributed by atoms with Crippen molar-refractivity contribution >= 4 is 26.0 Å². The van der Waals surface area contributed by atoms with E-state index in [1.165, 1.54) is 0 Å². The SMILES string of the molecule is C=C(C)CN1CCN(S(=O)(=O)c2ccc(Br)c(C)c2)CC1. The van der Waals surface area contributed by atoms with Crippen LogP contribution in [0.4, 0.5) is 0 Å². The van der Waals surface area contributed by atoms with Crippen molar-refractivity contribution in [3.63, 3.8) is 0 Å². The number of halogens is 1. The zero-order chi connectivity index (χ0) is 15.6. The number of benzene rings is 1. The Morgan fingerprint density at radius 2 is 1.90 bits per heavy atom. The first kappa shape index (κ1) is 16.7. The summed E-state index contributed by atoms with van der Waals surface area (Å²) in [7, 11) is -3.39. The second-order valence-electron chi connectivity index (χ2n) is 5.55. The monoisotopic (exact) mass is 372 g/mol. The Kier molecular flexibility index (Phi) is 5.24. The van der Waals surface area contributed by atoms with Gasteiger partial charge in [-0.3, -0.25) is 4.90 Å². The maximum Gasteiger partial charge on any atom is 0.243 e. The van der Waals surface area contributed by atoms with Crippen molar-refractivity contribution in [3.05, 3.63) is 40.4 Å². The first-order valence-electron chi connectivity index (χ1n) is 6.94. The predicted molar refractivity (Wildman–Crippen MR) is 88.9 cm³/mol. The van der Waals surface area contributed by atoms with E-state index in [-0.39, 0.29) is 0 Å². The first-order chi connectivity index (χ1) is 9.80. The highest BCUT2D eigenvalue weighted by molar-refractivity contribution is 9.10. The Morgan fingerprint density at radius 3 is 2.43 bits per heavy atom. The second kappa shape index (κ2) is 6.60. The van der Waals surface area contributed by atoms with E-state index in [2.05, 4.69) is 27.4 Å². The summed E-state index contributed by atoms with van der Waals surface area (Å²) in [5.41, 5.74) is 2.03. The number of aryl methyl sites for hydroxylation is 1. The average molecular weight is 373 g/mol. The Balaban J connectivity index is 2.11. The zero-order valence-electron chi connectivity index (χ0n) is 12.5. The largest absolute Gasteiger partial charge is 0.297 e. The van der Waals surface area contributed by atoms with Gasteiger partial charge in [-0.2, -0.15) is 4.31 Å². The second-order valence-corrected chi connectivity index (χ2v) is 8.34. The van der Waals surface area contributed by atoms with Gasteiger partial charge in [-0.1, -0.05) is 28.1 Å². The number of hydrogen-bond acceptors (Lipinski definition) is 3. The molecule has 4 nitrogen and oxygen atoms in total. The average Bonchev–Trinajstić information content (AvgIpc) is 2.41. The summed E-state index contributed by atoms with van der Waals surface area (Å²) in [4.78, 5) is 2.61. The van der Waals surface area contributed by atoms with Crippen LogP contribution in [0.5, 0.6) is 0 Å². The van der Waals surface area contributed by atoms with Crippen LogP contribution in [0.3, 0.4) is 0 Å². The van der Waals surface area contributed by atoms with Gasteiger partial charge in [0.1, 0.15) is 0 Å². The maximum atomic E-state index is 12.7. The van der Waals surface area contributed by atoms with Crippen molar-refractivity contribution < 1.29 is 8.42 Å². The molecule has 1 saturated heterocycles. The first-order valence-corrected chi connectivity index (χ1v) is 9.17. The third-order valence-corrected chi connectivity index (χ3v) is 6.38. The molecule has 1 aromatic rings. The molecule has 0 radical (unpaired) electrons. The molecule has 2 rings (SSSR count). The lowest BCUT2D eigenvalue weighted by Gasteiger charge is -2.34. The minimum absolute atomic E-state index is 0.372. The van der Waals surface area contributed by atoms with Gasteiger partial charge in [0.25, 0.3) is 0 Å². The fourth-order valence-corrected chi connectivity index (χ4v) is 4.19. The van der Waals surface area contributed by atoms with Gasteiger partial charge in [0.2, 0.25) is 10.0 Å². The molecular weight excluding hydrogens is 352 g/mol. The van der Waals surface area contributed by atoms with Gasteiger partial charge >= 0.3 is 0 Å². The summed E-state index contributed by atoms with van der Waals surface area (Å²) in [6.07, 6.45) is 0. The molecule has 0 spiro atoms. The summed E-state index contributed by atoms with van der Waals surface area (Å²) in [6, 6.07) is 5.17. The Labute approximate surface area is 135 Å². The molecule has 0 aromatic heterocycles. The van der Waals surface area contributed by atoms with Crippen molar-refractivity contribution in [2.24, 2.45) is 0 Å². The molecule has 1 aliphatic heterocycles. The summed E-state index contributed by atoms with van der Waals surface area (Å²) in [6.45, 7) is 11.2. The molecule has 1 fully saturated rings. The minimum atomic E-state index is -3.39. The third kappa shape index (κ3) is 3.94. The Bertz CT molecular complexity index is 635. The van der Waals surface area contributed by atoms with E-state index >= 15 is 0 Å². The van der Waals surface area contributed by atoms with Crippen LogP contribution in [0.1, 0.15) is 12.5 Å².